The average Bonchev–Trinajstić information content (AvgIpc) is 2.70. The van der Waals surface area contributed by atoms with E-state index in [9.17, 15) is 4.79 Å². The molecule has 0 aliphatic carbocycles. The van der Waals surface area contributed by atoms with Gasteiger partial charge in [-0.25, -0.2) is 0 Å². The predicted molar refractivity (Wildman–Crippen MR) is 69.0 cm³/mol. The summed E-state index contributed by atoms with van der Waals surface area (Å²) in [7, 11) is 1.83. The molecule has 92 valence electrons. The summed E-state index contributed by atoms with van der Waals surface area (Å²) in [5.41, 5.74) is 1.12. The number of rotatable bonds is 3. The Morgan fingerprint density at radius 3 is 2.59 bits per heavy atom. The molecule has 17 heavy (non-hydrogen) atoms. The number of carbonyl (C=O) groups is 1. The van der Waals surface area contributed by atoms with E-state index in [0.717, 1.165) is 23.6 Å². The molecule has 0 spiro atoms. The van der Waals surface area contributed by atoms with E-state index in [0.29, 0.717) is 0 Å². The van der Waals surface area contributed by atoms with Crippen LogP contribution in [0.4, 0.5) is 0 Å². The van der Waals surface area contributed by atoms with E-state index in [4.69, 9.17) is 11.6 Å². The molecule has 1 aliphatic rings. The largest absolute Gasteiger partial charge is 0.335 e. The smallest absolute Gasteiger partial charge is 0.240 e. The summed E-state index contributed by atoms with van der Waals surface area (Å²) in [6, 6.07) is 7.77. The highest BCUT2D eigenvalue weighted by Gasteiger charge is 2.33. The molecular weight excluding hydrogens is 236 g/mol. The van der Waals surface area contributed by atoms with Gasteiger partial charge in [0.2, 0.25) is 5.91 Å². The number of benzene rings is 1. The van der Waals surface area contributed by atoms with Crippen LogP contribution < -0.4 is 5.32 Å². The molecular formula is C13H17ClN2O. The molecule has 4 heteroatoms. The van der Waals surface area contributed by atoms with Gasteiger partial charge in [-0.1, -0.05) is 23.7 Å². The normalized spacial score (nSPS) is 21.9. The number of halogens is 1. The van der Waals surface area contributed by atoms with Crippen LogP contribution in [0, 0.1) is 0 Å². The number of amides is 1. The Morgan fingerprint density at radius 2 is 2.06 bits per heavy atom. The van der Waals surface area contributed by atoms with Crippen LogP contribution in [0.3, 0.4) is 0 Å². The van der Waals surface area contributed by atoms with Gasteiger partial charge in [0, 0.05) is 11.6 Å². The lowest BCUT2D eigenvalue weighted by atomic mass is 10.1. The van der Waals surface area contributed by atoms with Crippen molar-refractivity contribution in [1.29, 1.82) is 0 Å². The zero-order chi connectivity index (χ0) is 12.4. The van der Waals surface area contributed by atoms with Crippen molar-refractivity contribution in [2.45, 2.75) is 25.4 Å². The Labute approximate surface area is 107 Å². The lowest BCUT2D eigenvalue weighted by Crippen LogP contribution is -2.37. The summed E-state index contributed by atoms with van der Waals surface area (Å²) in [4.78, 5) is 14.0. The van der Waals surface area contributed by atoms with Crippen LogP contribution in [0.25, 0.3) is 0 Å². The first-order chi connectivity index (χ1) is 8.13. The molecule has 1 heterocycles. The van der Waals surface area contributed by atoms with Crippen LogP contribution in [-0.4, -0.2) is 30.4 Å². The highest BCUT2D eigenvalue weighted by atomic mass is 35.5. The SMILES string of the molecule is CNC1CCN(C(C)c2ccc(Cl)cc2)C1=O. The van der Waals surface area contributed by atoms with Gasteiger partial charge in [0.15, 0.2) is 0 Å². The Morgan fingerprint density at radius 1 is 1.41 bits per heavy atom. The van der Waals surface area contributed by atoms with Crippen molar-refractivity contribution in [3.8, 4) is 0 Å². The third-order valence-electron chi connectivity index (χ3n) is 3.41. The highest BCUT2D eigenvalue weighted by molar-refractivity contribution is 6.30. The molecule has 3 nitrogen and oxygen atoms in total. The fourth-order valence-electron chi connectivity index (χ4n) is 2.28. The summed E-state index contributed by atoms with van der Waals surface area (Å²) in [5, 5.41) is 3.77. The van der Waals surface area contributed by atoms with Crippen molar-refractivity contribution >= 4 is 17.5 Å². The van der Waals surface area contributed by atoms with Crippen molar-refractivity contribution in [2.24, 2.45) is 0 Å². The van der Waals surface area contributed by atoms with Gasteiger partial charge in [-0.05, 0) is 38.1 Å². The van der Waals surface area contributed by atoms with E-state index < -0.39 is 0 Å². The monoisotopic (exact) mass is 252 g/mol. The first-order valence-corrected chi connectivity index (χ1v) is 6.24. The Hall–Kier alpha value is -1.06. The molecule has 1 aromatic rings. The van der Waals surface area contributed by atoms with Crippen LogP contribution in [0.5, 0.6) is 0 Å². The fourth-order valence-corrected chi connectivity index (χ4v) is 2.40. The second-order valence-electron chi connectivity index (χ2n) is 4.39. The summed E-state index contributed by atoms with van der Waals surface area (Å²) >= 11 is 5.86. The van der Waals surface area contributed by atoms with Gasteiger partial charge >= 0.3 is 0 Å². The number of nitrogens with zero attached hydrogens (tertiary/aromatic N) is 1. The summed E-state index contributed by atoms with van der Waals surface area (Å²) in [6.45, 7) is 2.87. The van der Waals surface area contributed by atoms with Crippen molar-refractivity contribution in [3.63, 3.8) is 0 Å². The lowest BCUT2D eigenvalue weighted by molar-refractivity contribution is -0.131. The number of hydrogen-bond acceptors (Lipinski definition) is 2. The first kappa shape index (κ1) is 12.4. The van der Waals surface area contributed by atoms with Crippen molar-refractivity contribution < 1.29 is 4.79 Å². The second-order valence-corrected chi connectivity index (χ2v) is 4.83. The minimum Gasteiger partial charge on any atom is -0.335 e. The third-order valence-corrected chi connectivity index (χ3v) is 3.66. The summed E-state index contributed by atoms with van der Waals surface area (Å²) in [6.07, 6.45) is 0.882. The molecule has 1 amide bonds. The predicted octanol–water partition coefficient (Wildman–Crippen LogP) is 2.22. The van der Waals surface area contributed by atoms with E-state index in [1.165, 1.54) is 0 Å². The molecule has 1 N–H and O–H groups in total. The number of carbonyl (C=O) groups excluding carboxylic acids is 1. The third kappa shape index (κ3) is 2.45. The molecule has 1 aliphatic heterocycles. The number of hydrogen-bond donors (Lipinski definition) is 1. The van der Waals surface area contributed by atoms with E-state index in [1.54, 1.807) is 0 Å². The molecule has 1 aromatic carbocycles. The lowest BCUT2D eigenvalue weighted by Gasteiger charge is -2.25. The molecule has 1 fully saturated rings. The van der Waals surface area contributed by atoms with Gasteiger partial charge in [0.05, 0.1) is 12.1 Å². The van der Waals surface area contributed by atoms with Crippen LogP contribution in [0.15, 0.2) is 24.3 Å². The second kappa shape index (κ2) is 5.07. The van der Waals surface area contributed by atoms with Gasteiger partial charge in [0.1, 0.15) is 0 Å². The maximum absolute atomic E-state index is 12.1. The van der Waals surface area contributed by atoms with Crippen molar-refractivity contribution in [2.75, 3.05) is 13.6 Å². The Bertz CT molecular complexity index is 404. The molecule has 2 rings (SSSR count). The van der Waals surface area contributed by atoms with Gasteiger partial charge in [0.25, 0.3) is 0 Å². The maximum Gasteiger partial charge on any atom is 0.240 e. The van der Waals surface area contributed by atoms with Crippen LogP contribution in [0.1, 0.15) is 24.9 Å². The zero-order valence-corrected chi connectivity index (χ0v) is 10.9. The minimum absolute atomic E-state index is 0.0234. The van der Waals surface area contributed by atoms with Gasteiger partial charge < -0.3 is 10.2 Å². The van der Waals surface area contributed by atoms with Gasteiger partial charge in [-0.2, -0.15) is 0 Å². The fraction of sp³-hybridized carbons (Fsp3) is 0.462. The molecule has 0 bridgehead atoms. The molecule has 2 unspecified atom stereocenters. The number of nitrogens with one attached hydrogen (secondary N) is 1. The molecule has 0 aromatic heterocycles. The quantitative estimate of drug-likeness (QED) is 0.895. The molecule has 2 atom stereocenters. The standard InChI is InChI=1S/C13H17ClN2O/c1-9(10-3-5-11(14)6-4-10)16-8-7-12(15-2)13(16)17/h3-6,9,12,15H,7-8H2,1-2H3. The van der Waals surface area contributed by atoms with Crippen molar-refractivity contribution in [3.05, 3.63) is 34.9 Å². The molecule has 0 radical (unpaired) electrons. The summed E-state index contributed by atoms with van der Waals surface area (Å²) < 4.78 is 0. The van der Waals surface area contributed by atoms with E-state index in [2.05, 4.69) is 12.2 Å². The Balaban J connectivity index is 2.13. The van der Waals surface area contributed by atoms with Gasteiger partial charge in [-0.3, -0.25) is 4.79 Å². The highest BCUT2D eigenvalue weighted by Crippen LogP contribution is 2.26. The van der Waals surface area contributed by atoms with E-state index in [1.807, 2.05) is 36.2 Å². The van der Waals surface area contributed by atoms with Crippen LogP contribution >= 0.6 is 11.6 Å². The topological polar surface area (TPSA) is 32.3 Å². The zero-order valence-electron chi connectivity index (χ0n) is 10.1. The number of likely N-dealkylation sites (tertiary alicyclic amines) is 1. The van der Waals surface area contributed by atoms with Gasteiger partial charge in [-0.15, -0.1) is 0 Å². The van der Waals surface area contributed by atoms with Crippen LogP contribution in [-0.2, 0) is 4.79 Å². The Kier molecular flexibility index (Phi) is 3.69. The van der Waals surface area contributed by atoms with Crippen molar-refractivity contribution in [1.82, 2.24) is 10.2 Å². The molecule has 1 saturated heterocycles. The maximum atomic E-state index is 12.1. The van der Waals surface area contributed by atoms with E-state index in [-0.39, 0.29) is 18.0 Å². The first-order valence-electron chi connectivity index (χ1n) is 5.86. The molecule has 0 saturated carbocycles. The summed E-state index contributed by atoms with van der Waals surface area (Å²) in [5.74, 6) is 0.190. The van der Waals surface area contributed by atoms with E-state index >= 15 is 0 Å². The van der Waals surface area contributed by atoms with Crippen LogP contribution in [0.2, 0.25) is 5.02 Å². The minimum atomic E-state index is -0.0234. The average molecular weight is 253 g/mol. The number of likely N-dealkylation sites (N-methyl/N-ethyl adjacent to an activating group) is 1.